The largest absolute Gasteiger partial charge is 0.495 e. The van der Waals surface area contributed by atoms with Crippen LogP contribution in [0.2, 0.25) is 0 Å². The van der Waals surface area contributed by atoms with Crippen molar-refractivity contribution >= 4 is 33.0 Å². The Labute approximate surface area is 151 Å². The van der Waals surface area contributed by atoms with E-state index in [1.54, 1.807) is 6.07 Å². The molecule has 134 valence electrons. The lowest BCUT2D eigenvalue weighted by molar-refractivity contribution is 0.103. The van der Waals surface area contributed by atoms with Gasteiger partial charge in [-0.1, -0.05) is 6.92 Å². The summed E-state index contributed by atoms with van der Waals surface area (Å²) < 4.78 is 28.4. The molecular formula is C17H20N2O4S2. The third-order valence-electron chi connectivity index (χ3n) is 4.28. The Hall–Kier alpha value is -1.90. The van der Waals surface area contributed by atoms with Gasteiger partial charge in [0.15, 0.2) is 0 Å². The number of carbonyl (C=O) groups excluding carboxylic acids is 1. The molecule has 3 N–H and O–H groups in total. The minimum atomic E-state index is -3.95. The minimum absolute atomic E-state index is 0.140. The van der Waals surface area contributed by atoms with E-state index in [2.05, 4.69) is 12.2 Å². The van der Waals surface area contributed by atoms with Crippen molar-refractivity contribution in [2.75, 3.05) is 12.4 Å². The molecule has 0 radical (unpaired) electrons. The van der Waals surface area contributed by atoms with E-state index in [0.29, 0.717) is 16.5 Å². The van der Waals surface area contributed by atoms with Gasteiger partial charge in [0, 0.05) is 10.6 Å². The van der Waals surface area contributed by atoms with Crippen LogP contribution in [0.15, 0.2) is 29.2 Å². The van der Waals surface area contributed by atoms with Gasteiger partial charge in [-0.3, -0.25) is 4.79 Å². The molecule has 1 aliphatic carbocycles. The SMILES string of the molecule is COc1ccc(NC(=O)c2cc3c(s2)CC[C@@H](C)C3)cc1S(N)(=O)=O. The number of hydrogen-bond donors (Lipinski definition) is 2. The Kier molecular flexibility index (Phi) is 4.86. The predicted molar refractivity (Wildman–Crippen MR) is 97.8 cm³/mol. The van der Waals surface area contributed by atoms with Crippen LogP contribution in [0.1, 0.15) is 33.5 Å². The zero-order chi connectivity index (χ0) is 18.2. The summed E-state index contributed by atoms with van der Waals surface area (Å²) in [4.78, 5) is 14.3. The summed E-state index contributed by atoms with van der Waals surface area (Å²) in [7, 11) is -2.59. The first-order chi connectivity index (χ1) is 11.8. The van der Waals surface area contributed by atoms with Crippen LogP contribution in [0.5, 0.6) is 5.75 Å². The molecule has 0 bridgehead atoms. The highest BCUT2D eigenvalue weighted by Gasteiger charge is 2.21. The van der Waals surface area contributed by atoms with Crippen molar-refractivity contribution in [3.8, 4) is 5.75 Å². The quantitative estimate of drug-likeness (QED) is 0.852. The number of nitrogens with two attached hydrogens (primary N) is 1. The minimum Gasteiger partial charge on any atom is -0.495 e. The number of aryl methyl sites for hydroxylation is 1. The first-order valence-corrected chi connectivity index (χ1v) is 10.3. The van der Waals surface area contributed by atoms with Crippen molar-refractivity contribution in [3.63, 3.8) is 0 Å². The lowest BCUT2D eigenvalue weighted by Crippen LogP contribution is -2.15. The summed E-state index contributed by atoms with van der Waals surface area (Å²) in [5.74, 6) is 0.524. The van der Waals surface area contributed by atoms with Crippen LogP contribution in [-0.2, 0) is 22.9 Å². The van der Waals surface area contributed by atoms with E-state index < -0.39 is 10.0 Å². The molecule has 1 aromatic carbocycles. The number of rotatable bonds is 4. The van der Waals surface area contributed by atoms with Crippen molar-refractivity contribution in [1.82, 2.24) is 0 Å². The van der Waals surface area contributed by atoms with Gasteiger partial charge in [0.05, 0.1) is 12.0 Å². The first-order valence-electron chi connectivity index (χ1n) is 7.91. The zero-order valence-corrected chi connectivity index (χ0v) is 15.7. The fourth-order valence-electron chi connectivity index (χ4n) is 2.99. The standard InChI is InChI=1S/C17H20N2O4S2/c1-10-3-6-14-11(7-10)8-15(24-14)17(20)19-12-4-5-13(23-2)16(9-12)25(18,21)22/h4-5,8-10H,3,6-7H2,1-2H3,(H,19,20)(H2,18,21,22)/t10-/m1/s1. The van der Waals surface area contributed by atoms with Crippen LogP contribution in [0, 0.1) is 5.92 Å². The fraction of sp³-hybridized carbons (Fsp3) is 0.353. The molecule has 1 heterocycles. The number of methoxy groups -OCH3 is 1. The molecule has 0 fully saturated rings. The van der Waals surface area contributed by atoms with E-state index in [1.165, 1.54) is 41.0 Å². The van der Waals surface area contributed by atoms with Crippen LogP contribution in [0.3, 0.4) is 0 Å². The van der Waals surface area contributed by atoms with Crippen LogP contribution < -0.4 is 15.2 Å². The molecule has 1 aliphatic rings. The van der Waals surface area contributed by atoms with Gasteiger partial charge in [-0.05, 0) is 55.0 Å². The maximum Gasteiger partial charge on any atom is 0.265 e. The number of carbonyl (C=O) groups is 1. The summed E-state index contributed by atoms with van der Waals surface area (Å²) in [5.41, 5.74) is 1.60. The predicted octanol–water partition coefficient (Wildman–Crippen LogP) is 2.78. The highest BCUT2D eigenvalue weighted by Crippen LogP contribution is 2.33. The average molecular weight is 380 g/mol. The van der Waals surface area contributed by atoms with Crippen LogP contribution in [0.25, 0.3) is 0 Å². The molecule has 0 unspecified atom stereocenters. The fourth-order valence-corrected chi connectivity index (χ4v) is 4.81. The van der Waals surface area contributed by atoms with Gasteiger partial charge in [0.1, 0.15) is 10.6 Å². The van der Waals surface area contributed by atoms with Gasteiger partial charge in [0.25, 0.3) is 5.91 Å². The van der Waals surface area contributed by atoms with E-state index in [4.69, 9.17) is 9.88 Å². The number of primary sulfonamides is 1. The number of ether oxygens (including phenoxy) is 1. The van der Waals surface area contributed by atoms with Gasteiger partial charge < -0.3 is 10.1 Å². The highest BCUT2D eigenvalue weighted by molar-refractivity contribution is 7.89. The number of hydrogen-bond acceptors (Lipinski definition) is 5. The van der Waals surface area contributed by atoms with E-state index in [0.717, 1.165) is 19.3 Å². The van der Waals surface area contributed by atoms with Crippen LogP contribution in [0.4, 0.5) is 5.69 Å². The van der Waals surface area contributed by atoms with Gasteiger partial charge in [-0.25, -0.2) is 13.6 Å². The lowest BCUT2D eigenvalue weighted by Gasteiger charge is -2.16. The number of sulfonamides is 1. The summed E-state index contributed by atoms with van der Waals surface area (Å²) in [6.45, 7) is 2.21. The molecule has 0 saturated heterocycles. The summed E-state index contributed by atoms with van der Waals surface area (Å²) in [5, 5.41) is 7.94. The molecule has 0 spiro atoms. The second kappa shape index (κ2) is 6.78. The van der Waals surface area contributed by atoms with Crippen molar-refractivity contribution in [2.45, 2.75) is 31.1 Å². The van der Waals surface area contributed by atoms with Crippen molar-refractivity contribution in [2.24, 2.45) is 11.1 Å². The topological polar surface area (TPSA) is 98.5 Å². The van der Waals surface area contributed by atoms with E-state index in [1.807, 2.05) is 6.07 Å². The third-order valence-corrected chi connectivity index (χ3v) is 6.45. The molecule has 6 nitrogen and oxygen atoms in total. The molecule has 1 atom stereocenters. The zero-order valence-electron chi connectivity index (χ0n) is 14.0. The molecular weight excluding hydrogens is 360 g/mol. The normalized spacial score (nSPS) is 17.0. The molecule has 25 heavy (non-hydrogen) atoms. The smallest absolute Gasteiger partial charge is 0.265 e. The molecule has 1 amide bonds. The van der Waals surface area contributed by atoms with Gasteiger partial charge in [-0.15, -0.1) is 11.3 Å². The lowest BCUT2D eigenvalue weighted by atomic mass is 9.90. The third kappa shape index (κ3) is 3.86. The van der Waals surface area contributed by atoms with E-state index in [9.17, 15) is 13.2 Å². The summed E-state index contributed by atoms with van der Waals surface area (Å²) in [6, 6.07) is 6.30. The number of fused-ring (bicyclic) bond motifs is 1. The Balaban J connectivity index is 1.84. The van der Waals surface area contributed by atoms with Gasteiger partial charge in [0.2, 0.25) is 10.0 Å². The van der Waals surface area contributed by atoms with Gasteiger partial charge >= 0.3 is 0 Å². The van der Waals surface area contributed by atoms with Crippen molar-refractivity contribution < 1.29 is 17.9 Å². The molecule has 1 aromatic heterocycles. The average Bonchev–Trinajstić information content (AvgIpc) is 2.97. The van der Waals surface area contributed by atoms with Crippen LogP contribution in [-0.4, -0.2) is 21.4 Å². The summed E-state index contributed by atoms with van der Waals surface area (Å²) in [6.07, 6.45) is 3.15. The number of thiophene rings is 1. The Morgan fingerprint density at radius 1 is 1.36 bits per heavy atom. The van der Waals surface area contributed by atoms with Gasteiger partial charge in [-0.2, -0.15) is 0 Å². The molecule has 0 saturated carbocycles. The maximum atomic E-state index is 12.5. The maximum absolute atomic E-state index is 12.5. The second-order valence-electron chi connectivity index (χ2n) is 6.27. The van der Waals surface area contributed by atoms with E-state index in [-0.39, 0.29) is 16.6 Å². The molecule has 2 aromatic rings. The van der Waals surface area contributed by atoms with Crippen molar-refractivity contribution in [3.05, 3.63) is 39.6 Å². The highest BCUT2D eigenvalue weighted by atomic mass is 32.2. The molecule has 8 heteroatoms. The molecule has 0 aliphatic heterocycles. The Morgan fingerprint density at radius 2 is 2.12 bits per heavy atom. The van der Waals surface area contributed by atoms with Crippen molar-refractivity contribution in [1.29, 1.82) is 0 Å². The Morgan fingerprint density at radius 3 is 2.80 bits per heavy atom. The van der Waals surface area contributed by atoms with E-state index >= 15 is 0 Å². The number of anilines is 1. The summed E-state index contributed by atoms with van der Waals surface area (Å²) >= 11 is 1.50. The molecule has 3 rings (SSSR count). The number of nitrogens with one attached hydrogen (secondary N) is 1. The number of amides is 1. The monoisotopic (exact) mass is 380 g/mol. The second-order valence-corrected chi connectivity index (χ2v) is 8.94. The first kappa shape index (κ1) is 17.9. The number of benzene rings is 1. The Bertz CT molecular complexity index is 919. The van der Waals surface area contributed by atoms with Crippen LogP contribution >= 0.6 is 11.3 Å².